The highest BCUT2D eigenvalue weighted by atomic mass is 19.4. The SMILES string of the molecule is CC1=C(C(=O)Cc2ccc3cnccc3c2)C(c2ccc(C(F)(F)F)c(F)c2)n2nc(C(=O)N(C)C3CCN(C)CC3)cc2C1. The van der Waals surface area contributed by atoms with Crippen molar-refractivity contribution in [2.24, 2.45) is 0 Å². The molecule has 2 aromatic heterocycles. The Hall–Kier alpha value is -4.38. The Labute approximate surface area is 258 Å². The Balaban J connectivity index is 1.38. The van der Waals surface area contributed by atoms with Crippen LogP contribution < -0.4 is 0 Å². The molecule has 234 valence electrons. The van der Waals surface area contributed by atoms with Crippen LogP contribution >= 0.6 is 0 Å². The van der Waals surface area contributed by atoms with Crippen molar-refractivity contribution in [3.8, 4) is 0 Å². The minimum atomic E-state index is -4.87. The molecule has 1 saturated heterocycles. The second-order valence-corrected chi connectivity index (χ2v) is 12.1. The van der Waals surface area contributed by atoms with Gasteiger partial charge in [0.15, 0.2) is 11.5 Å². The van der Waals surface area contributed by atoms with E-state index < -0.39 is 23.6 Å². The fraction of sp³-hybridized carbons (Fsp3) is 0.353. The minimum Gasteiger partial charge on any atom is -0.337 e. The number of carbonyl (C=O) groups is 2. The molecule has 2 aromatic carbocycles. The van der Waals surface area contributed by atoms with Crippen molar-refractivity contribution < 1.29 is 27.2 Å². The molecular weight excluding hydrogens is 586 g/mol. The number of nitrogens with zero attached hydrogens (tertiary/aromatic N) is 5. The van der Waals surface area contributed by atoms with Gasteiger partial charge in [-0.05, 0) is 80.7 Å². The van der Waals surface area contributed by atoms with Crippen molar-refractivity contribution in [1.82, 2.24) is 24.6 Å². The van der Waals surface area contributed by atoms with Crippen LogP contribution in [0.3, 0.4) is 0 Å². The van der Waals surface area contributed by atoms with Crippen LogP contribution in [0.2, 0.25) is 0 Å². The molecule has 0 aliphatic carbocycles. The van der Waals surface area contributed by atoms with E-state index in [0.29, 0.717) is 29.3 Å². The lowest BCUT2D eigenvalue weighted by Crippen LogP contribution is -2.44. The van der Waals surface area contributed by atoms with Crippen LogP contribution in [0.5, 0.6) is 0 Å². The maximum absolute atomic E-state index is 15.0. The quantitative estimate of drug-likeness (QED) is 0.247. The van der Waals surface area contributed by atoms with Crippen LogP contribution in [0, 0.1) is 5.82 Å². The van der Waals surface area contributed by atoms with E-state index in [1.807, 2.05) is 31.3 Å². The van der Waals surface area contributed by atoms with Gasteiger partial charge in [0.2, 0.25) is 0 Å². The number of alkyl halides is 3. The number of aromatic nitrogens is 3. The van der Waals surface area contributed by atoms with Crippen molar-refractivity contribution in [3.05, 3.63) is 106 Å². The van der Waals surface area contributed by atoms with E-state index in [1.54, 1.807) is 37.3 Å². The number of allylic oxidation sites excluding steroid dienone is 2. The van der Waals surface area contributed by atoms with Crippen molar-refractivity contribution in [1.29, 1.82) is 0 Å². The Morgan fingerprint density at radius 2 is 1.78 bits per heavy atom. The number of pyridine rings is 1. The number of hydrogen-bond donors (Lipinski definition) is 0. The zero-order valence-electron chi connectivity index (χ0n) is 25.2. The molecule has 1 atom stereocenters. The van der Waals surface area contributed by atoms with E-state index in [0.717, 1.165) is 48.3 Å². The highest BCUT2D eigenvalue weighted by Crippen LogP contribution is 2.39. The van der Waals surface area contributed by atoms with Gasteiger partial charge in [0.25, 0.3) is 5.91 Å². The van der Waals surface area contributed by atoms with Crippen molar-refractivity contribution in [3.63, 3.8) is 0 Å². The summed E-state index contributed by atoms with van der Waals surface area (Å²) in [5.74, 6) is -1.98. The van der Waals surface area contributed by atoms with Gasteiger partial charge in [0, 0.05) is 55.0 Å². The number of carbonyl (C=O) groups excluding carboxylic acids is 2. The number of fused-ring (bicyclic) bond motifs is 2. The van der Waals surface area contributed by atoms with Gasteiger partial charge in [-0.1, -0.05) is 29.8 Å². The summed E-state index contributed by atoms with van der Waals surface area (Å²) in [6.07, 6.45) is 0.494. The smallest absolute Gasteiger partial charge is 0.337 e. The third-order valence-electron chi connectivity index (χ3n) is 9.00. The summed E-state index contributed by atoms with van der Waals surface area (Å²) in [5, 5.41) is 6.47. The van der Waals surface area contributed by atoms with Crippen LogP contribution in [-0.4, -0.2) is 69.5 Å². The maximum Gasteiger partial charge on any atom is 0.419 e. The standard InChI is InChI=1S/C34H33F4N5O2/c1-20-14-26-18-29(33(45)42(3)25-9-12-41(2)13-10-25)40-43(26)32(23-6-7-27(28(35)17-23)34(36,37)38)31(20)30(44)16-21-4-5-24-19-39-11-8-22(24)15-21/h4-8,11,15,17-19,25,32H,9-10,12-14,16H2,1-3H3. The molecule has 2 aliphatic rings. The number of benzene rings is 2. The second kappa shape index (κ2) is 11.8. The van der Waals surface area contributed by atoms with Crippen LogP contribution in [0.4, 0.5) is 17.6 Å². The van der Waals surface area contributed by atoms with Gasteiger partial charge >= 0.3 is 6.18 Å². The number of halogens is 4. The zero-order chi connectivity index (χ0) is 32.0. The lowest BCUT2D eigenvalue weighted by atomic mass is 9.85. The molecule has 0 spiro atoms. The molecule has 0 N–H and O–H groups in total. The van der Waals surface area contributed by atoms with Crippen molar-refractivity contribution in [2.75, 3.05) is 27.2 Å². The number of rotatable bonds is 6. The lowest BCUT2D eigenvalue weighted by Gasteiger charge is -2.34. The van der Waals surface area contributed by atoms with E-state index in [-0.39, 0.29) is 35.4 Å². The van der Waals surface area contributed by atoms with Gasteiger partial charge in [0.1, 0.15) is 11.9 Å². The second-order valence-electron chi connectivity index (χ2n) is 12.1. The van der Waals surface area contributed by atoms with Gasteiger partial charge in [0.05, 0.1) is 5.56 Å². The molecule has 0 radical (unpaired) electrons. The summed E-state index contributed by atoms with van der Waals surface area (Å²) in [7, 11) is 3.79. The van der Waals surface area contributed by atoms with Gasteiger partial charge in [-0.3, -0.25) is 19.3 Å². The predicted octanol–water partition coefficient (Wildman–Crippen LogP) is 6.03. The molecule has 0 saturated carbocycles. The van der Waals surface area contributed by atoms with Gasteiger partial charge in [-0.15, -0.1) is 0 Å². The number of piperidine rings is 1. The van der Waals surface area contributed by atoms with Crippen molar-refractivity contribution in [2.45, 2.75) is 50.9 Å². The molecule has 1 unspecified atom stereocenters. The van der Waals surface area contributed by atoms with Crippen LogP contribution in [0.1, 0.15) is 58.7 Å². The number of Topliss-reactive ketones (excluding diaryl/α,β-unsaturated/α-hetero) is 1. The van der Waals surface area contributed by atoms with E-state index in [4.69, 9.17) is 0 Å². The van der Waals surface area contributed by atoms with Crippen molar-refractivity contribution >= 4 is 22.5 Å². The molecule has 4 aromatic rings. The monoisotopic (exact) mass is 619 g/mol. The fourth-order valence-corrected chi connectivity index (χ4v) is 6.50. The fourth-order valence-electron chi connectivity index (χ4n) is 6.50. The van der Waals surface area contributed by atoms with Gasteiger partial charge in [-0.2, -0.15) is 18.3 Å². The third kappa shape index (κ3) is 6.01. The zero-order valence-corrected chi connectivity index (χ0v) is 25.2. The van der Waals surface area contributed by atoms with E-state index in [2.05, 4.69) is 15.0 Å². The van der Waals surface area contributed by atoms with E-state index >= 15 is 0 Å². The molecular formula is C34H33F4N5O2. The number of hydrogen-bond acceptors (Lipinski definition) is 5. The molecule has 2 aliphatic heterocycles. The Bertz CT molecular complexity index is 1820. The maximum atomic E-state index is 15.0. The first-order valence-electron chi connectivity index (χ1n) is 14.9. The number of amides is 1. The Morgan fingerprint density at radius 1 is 1.02 bits per heavy atom. The summed E-state index contributed by atoms with van der Waals surface area (Å²) in [6, 6.07) is 10.8. The first-order chi connectivity index (χ1) is 21.4. The average molecular weight is 620 g/mol. The molecule has 11 heteroatoms. The summed E-state index contributed by atoms with van der Waals surface area (Å²) in [5.41, 5.74) is 1.30. The first kappa shape index (κ1) is 30.6. The van der Waals surface area contributed by atoms with Gasteiger partial charge in [-0.25, -0.2) is 4.39 Å². The molecule has 0 bridgehead atoms. The topological polar surface area (TPSA) is 71.3 Å². The number of likely N-dealkylation sites (tertiary alicyclic amines) is 1. The summed E-state index contributed by atoms with van der Waals surface area (Å²) in [6.45, 7) is 3.52. The number of ketones is 1. The van der Waals surface area contributed by atoms with Gasteiger partial charge < -0.3 is 9.80 Å². The first-order valence-corrected chi connectivity index (χ1v) is 14.9. The Kier molecular flexibility index (Phi) is 8.07. The molecule has 1 fully saturated rings. The normalized spacial score (nSPS) is 17.9. The minimum absolute atomic E-state index is 0.0196. The van der Waals surface area contributed by atoms with Crippen LogP contribution in [0.15, 0.2) is 72.1 Å². The molecule has 7 nitrogen and oxygen atoms in total. The average Bonchev–Trinajstić information content (AvgIpc) is 3.42. The third-order valence-corrected chi connectivity index (χ3v) is 9.00. The highest BCUT2D eigenvalue weighted by molar-refractivity contribution is 6.00. The summed E-state index contributed by atoms with van der Waals surface area (Å²) >= 11 is 0. The molecule has 1 amide bonds. The van der Waals surface area contributed by atoms with Crippen LogP contribution in [-0.2, 0) is 23.8 Å². The van der Waals surface area contributed by atoms with Crippen LogP contribution in [0.25, 0.3) is 10.8 Å². The largest absolute Gasteiger partial charge is 0.419 e. The molecule has 6 rings (SSSR count). The lowest BCUT2D eigenvalue weighted by molar-refractivity contribution is -0.140. The molecule has 45 heavy (non-hydrogen) atoms. The predicted molar refractivity (Wildman–Crippen MR) is 161 cm³/mol. The summed E-state index contributed by atoms with van der Waals surface area (Å²) < 4.78 is 56.8. The van der Waals surface area contributed by atoms with E-state index in [9.17, 15) is 27.2 Å². The highest BCUT2D eigenvalue weighted by Gasteiger charge is 2.38. The van der Waals surface area contributed by atoms with E-state index in [1.165, 1.54) is 10.7 Å². The molecule has 4 heterocycles. The Morgan fingerprint density at radius 3 is 2.49 bits per heavy atom. The summed E-state index contributed by atoms with van der Waals surface area (Å²) in [4.78, 5) is 35.7.